The molecule has 1 aromatic carbocycles. The highest BCUT2D eigenvalue weighted by Crippen LogP contribution is 2.25. The molecule has 0 aliphatic heterocycles. The van der Waals surface area contributed by atoms with Crippen LogP contribution in [0.4, 0.5) is 5.69 Å². The normalized spacial score (nSPS) is 10.2. The minimum absolute atomic E-state index is 0.184. The molecule has 0 saturated heterocycles. The number of unbranched alkanes of at least 4 members (excludes halogenated alkanes) is 3. The van der Waals surface area contributed by atoms with Crippen LogP contribution in [-0.2, 0) is 6.42 Å². The van der Waals surface area contributed by atoms with E-state index >= 15 is 0 Å². The molecule has 0 aliphatic rings. The fourth-order valence-electron chi connectivity index (χ4n) is 1.56. The molecule has 0 spiro atoms. The van der Waals surface area contributed by atoms with Crippen molar-refractivity contribution >= 4 is 5.69 Å². The lowest BCUT2D eigenvalue weighted by Gasteiger charge is -2.04. The fourth-order valence-corrected chi connectivity index (χ4v) is 1.56. The van der Waals surface area contributed by atoms with Gasteiger partial charge in [-0.3, -0.25) is 0 Å². The van der Waals surface area contributed by atoms with E-state index in [0.717, 1.165) is 18.4 Å². The largest absolute Gasteiger partial charge is 0.508 e. The summed E-state index contributed by atoms with van der Waals surface area (Å²) in [6.45, 7) is 2.17. The molecule has 0 aromatic heterocycles. The second-order valence-electron chi connectivity index (χ2n) is 3.71. The van der Waals surface area contributed by atoms with Gasteiger partial charge in [-0.25, -0.2) is 0 Å². The van der Waals surface area contributed by atoms with Gasteiger partial charge in [0.1, 0.15) is 11.4 Å². The average Bonchev–Trinajstić information content (AvgIpc) is 2.26. The highest BCUT2D eigenvalue weighted by molar-refractivity contribution is 5.47. The van der Waals surface area contributed by atoms with Gasteiger partial charge in [0.2, 0.25) is 0 Å². The van der Waals surface area contributed by atoms with Gasteiger partial charge in [-0.15, -0.1) is 4.91 Å². The predicted molar refractivity (Wildman–Crippen MR) is 61.4 cm³/mol. The molecule has 0 unspecified atom stereocenters. The third kappa shape index (κ3) is 3.70. The van der Waals surface area contributed by atoms with Gasteiger partial charge in [0.15, 0.2) is 0 Å². The van der Waals surface area contributed by atoms with E-state index in [1.165, 1.54) is 25.3 Å². The predicted octanol–water partition coefficient (Wildman–Crippen LogP) is 3.91. The number of hydrogen-bond donors (Lipinski definition) is 1. The van der Waals surface area contributed by atoms with Crippen molar-refractivity contribution in [3.63, 3.8) is 0 Å². The van der Waals surface area contributed by atoms with Crippen LogP contribution in [0.25, 0.3) is 0 Å². The van der Waals surface area contributed by atoms with E-state index in [1.807, 2.05) is 0 Å². The Bertz CT molecular complexity index is 323. The summed E-state index contributed by atoms with van der Waals surface area (Å²) in [6, 6.07) is 4.84. The molecular weight excluding hydrogens is 190 g/mol. The van der Waals surface area contributed by atoms with Crippen LogP contribution in [0.3, 0.4) is 0 Å². The smallest absolute Gasteiger partial charge is 0.121 e. The lowest BCUT2D eigenvalue weighted by atomic mass is 10.1. The summed E-state index contributed by atoms with van der Waals surface area (Å²) in [4.78, 5) is 10.2. The van der Waals surface area contributed by atoms with Crippen molar-refractivity contribution in [2.45, 2.75) is 39.0 Å². The molecule has 0 heterocycles. The third-order valence-corrected chi connectivity index (χ3v) is 2.47. The van der Waals surface area contributed by atoms with Crippen molar-refractivity contribution in [2.75, 3.05) is 0 Å². The van der Waals surface area contributed by atoms with E-state index in [-0.39, 0.29) is 11.4 Å². The SMILES string of the molecule is CCCCCCc1ccc(N=O)cc1O. The van der Waals surface area contributed by atoms with Gasteiger partial charge >= 0.3 is 0 Å². The fraction of sp³-hybridized carbons (Fsp3) is 0.500. The number of nitroso groups, excluding NO2 is 1. The molecule has 1 N–H and O–H groups in total. The Hall–Kier alpha value is -1.38. The molecule has 0 amide bonds. The maximum atomic E-state index is 10.2. The average molecular weight is 207 g/mol. The first-order valence-corrected chi connectivity index (χ1v) is 5.43. The van der Waals surface area contributed by atoms with Gasteiger partial charge in [0, 0.05) is 6.07 Å². The molecule has 0 bridgehead atoms. The van der Waals surface area contributed by atoms with E-state index in [0.29, 0.717) is 0 Å². The molecule has 0 saturated carbocycles. The third-order valence-electron chi connectivity index (χ3n) is 2.47. The van der Waals surface area contributed by atoms with Crippen molar-refractivity contribution in [3.05, 3.63) is 28.7 Å². The lowest BCUT2D eigenvalue weighted by molar-refractivity contribution is 0.466. The van der Waals surface area contributed by atoms with Crippen LogP contribution in [0.2, 0.25) is 0 Å². The van der Waals surface area contributed by atoms with Crippen molar-refractivity contribution < 1.29 is 5.11 Å². The standard InChI is InChI=1S/C12H17NO2/c1-2-3-4-5-6-10-7-8-11(13-15)9-12(10)14/h7-9,14H,2-6H2,1H3. The number of phenols is 1. The van der Waals surface area contributed by atoms with E-state index < -0.39 is 0 Å². The van der Waals surface area contributed by atoms with Gasteiger partial charge in [-0.2, -0.15) is 0 Å². The van der Waals surface area contributed by atoms with Crippen molar-refractivity contribution in [3.8, 4) is 5.75 Å². The minimum Gasteiger partial charge on any atom is -0.508 e. The van der Waals surface area contributed by atoms with Gasteiger partial charge in [0.25, 0.3) is 0 Å². The van der Waals surface area contributed by atoms with E-state index in [4.69, 9.17) is 0 Å². The second-order valence-corrected chi connectivity index (χ2v) is 3.71. The minimum atomic E-state index is 0.184. The summed E-state index contributed by atoms with van der Waals surface area (Å²) in [5, 5.41) is 12.4. The molecule has 0 fully saturated rings. The van der Waals surface area contributed by atoms with Crippen LogP contribution in [0.15, 0.2) is 23.4 Å². The molecule has 1 aromatic rings. The monoisotopic (exact) mass is 207 g/mol. The highest BCUT2D eigenvalue weighted by atomic mass is 16.3. The number of rotatable bonds is 6. The summed E-state index contributed by atoms with van der Waals surface area (Å²) >= 11 is 0. The van der Waals surface area contributed by atoms with E-state index in [1.54, 1.807) is 12.1 Å². The summed E-state index contributed by atoms with van der Waals surface area (Å²) in [5.74, 6) is 0.184. The van der Waals surface area contributed by atoms with Crippen molar-refractivity contribution in [1.29, 1.82) is 0 Å². The summed E-state index contributed by atoms with van der Waals surface area (Å²) in [6.07, 6.45) is 5.57. The molecule has 0 radical (unpaired) electrons. The summed E-state index contributed by atoms with van der Waals surface area (Å²) in [7, 11) is 0. The Labute approximate surface area is 90.1 Å². The number of aryl methyl sites for hydroxylation is 1. The topological polar surface area (TPSA) is 49.7 Å². The maximum Gasteiger partial charge on any atom is 0.121 e. The number of nitrogens with zero attached hydrogens (tertiary/aromatic N) is 1. The number of hydrogen-bond acceptors (Lipinski definition) is 3. The van der Waals surface area contributed by atoms with Gasteiger partial charge in [-0.1, -0.05) is 32.3 Å². The Morgan fingerprint density at radius 2 is 2.07 bits per heavy atom. The number of phenolic OH excluding ortho intramolecular Hbond substituents is 1. The van der Waals surface area contributed by atoms with Crippen molar-refractivity contribution in [2.24, 2.45) is 5.18 Å². The number of aromatic hydroxyl groups is 1. The summed E-state index contributed by atoms with van der Waals surface area (Å²) in [5.41, 5.74) is 1.18. The first-order valence-electron chi connectivity index (χ1n) is 5.43. The van der Waals surface area contributed by atoms with Crippen LogP contribution in [-0.4, -0.2) is 5.11 Å². The maximum absolute atomic E-state index is 10.2. The van der Waals surface area contributed by atoms with Crippen molar-refractivity contribution in [1.82, 2.24) is 0 Å². The lowest BCUT2D eigenvalue weighted by Crippen LogP contribution is -1.86. The van der Waals surface area contributed by atoms with Crippen LogP contribution in [0.5, 0.6) is 5.75 Å². The van der Waals surface area contributed by atoms with Gasteiger partial charge in [-0.05, 0) is 29.6 Å². The number of benzene rings is 1. The zero-order chi connectivity index (χ0) is 11.1. The zero-order valence-electron chi connectivity index (χ0n) is 9.07. The van der Waals surface area contributed by atoms with E-state index in [2.05, 4.69) is 12.1 Å². The molecule has 3 heteroatoms. The van der Waals surface area contributed by atoms with Crippen LogP contribution in [0, 0.1) is 4.91 Å². The zero-order valence-corrected chi connectivity index (χ0v) is 9.07. The van der Waals surface area contributed by atoms with E-state index in [9.17, 15) is 10.0 Å². The molecule has 0 aliphatic carbocycles. The molecule has 3 nitrogen and oxygen atoms in total. The first-order chi connectivity index (χ1) is 7.27. The Morgan fingerprint density at radius 3 is 2.67 bits per heavy atom. The Balaban J connectivity index is 2.50. The molecule has 82 valence electrons. The highest BCUT2D eigenvalue weighted by Gasteiger charge is 2.02. The Kier molecular flexibility index (Phi) is 4.81. The van der Waals surface area contributed by atoms with Crippen LogP contribution >= 0.6 is 0 Å². The molecular formula is C12H17NO2. The second kappa shape index (κ2) is 6.17. The first kappa shape index (κ1) is 11.7. The van der Waals surface area contributed by atoms with Gasteiger partial charge in [0.05, 0.1) is 0 Å². The quantitative estimate of drug-likeness (QED) is 0.567. The molecule has 1 rings (SSSR count). The molecule has 15 heavy (non-hydrogen) atoms. The van der Waals surface area contributed by atoms with Gasteiger partial charge < -0.3 is 5.11 Å². The van der Waals surface area contributed by atoms with Crippen LogP contribution in [0.1, 0.15) is 38.2 Å². The molecule has 0 atom stereocenters. The Morgan fingerprint density at radius 1 is 1.27 bits per heavy atom. The summed E-state index contributed by atoms with van der Waals surface area (Å²) < 4.78 is 0. The van der Waals surface area contributed by atoms with Crippen LogP contribution < -0.4 is 0 Å².